The summed E-state index contributed by atoms with van der Waals surface area (Å²) in [6.07, 6.45) is 1.40. The van der Waals surface area contributed by atoms with Crippen LogP contribution in [0.15, 0.2) is 80.7 Å². The minimum atomic E-state index is -3.81. The van der Waals surface area contributed by atoms with Gasteiger partial charge in [0.1, 0.15) is 16.8 Å². The molecule has 0 saturated heterocycles. The fourth-order valence-electron chi connectivity index (χ4n) is 2.68. The first-order valence-corrected chi connectivity index (χ1v) is 10.7. The Morgan fingerprint density at radius 1 is 1.14 bits per heavy atom. The highest BCUT2D eigenvalue weighted by Gasteiger charge is 2.32. The number of carbonyl (C=O) groups excluding carboxylic acids is 1. The van der Waals surface area contributed by atoms with Crippen LogP contribution in [0.5, 0.6) is 5.75 Å². The van der Waals surface area contributed by atoms with Gasteiger partial charge in [-0.15, -0.1) is 0 Å². The second kappa shape index (κ2) is 8.62. The molecule has 0 radical (unpaired) electrons. The van der Waals surface area contributed by atoms with Crippen molar-refractivity contribution < 1.29 is 22.4 Å². The van der Waals surface area contributed by atoms with E-state index in [1.54, 1.807) is 48.5 Å². The quantitative estimate of drug-likeness (QED) is 0.572. The average molecular weight is 464 g/mol. The summed E-state index contributed by atoms with van der Waals surface area (Å²) in [5.74, 6) is 0.435. The van der Waals surface area contributed by atoms with Crippen LogP contribution in [0.1, 0.15) is 21.4 Å². The fraction of sp³-hybridized carbons (Fsp3) is 0.150. The van der Waals surface area contributed by atoms with Crippen LogP contribution in [0.25, 0.3) is 0 Å². The molecular formula is C20H18BrNO5S. The van der Waals surface area contributed by atoms with E-state index >= 15 is 0 Å². The van der Waals surface area contributed by atoms with E-state index < -0.39 is 15.1 Å². The van der Waals surface area contributed by atoms with Crippen molar-refractivity contribution in [3.8, 4) is 5.75 Å². The van der Waals surface area contributed by atoms with Gasteiger partial charge in [0.2, 0.25) is 0 Å². The Kier molecular flexibility index (Phi) is 6.21. The standard InChI is InChI=1S/C20H18BrNO5S/c1-26-16-7-9-17(10-8-16)28(24,25)19(18-6-3-11-27-18)13-22-20(23)14-4-2-5-15(21)12-14/h2-12,19H,13H2,1H3,(H,22,23). The number of methoxy groups -OCH3 is 1. The average Bonchev–Trinajstić information content (AvgIpc) is 3.22. The SMILES string of the molecule is COc1ccc(S(=O)(=O)C(CNC(=O)c2cccc(Br)c2)c2ccco2)cc1. The maximum Gasteiger partial charge on any atom is 0.251 e. The number of benzene rings is 2. The molecule has 6 nitrogen and oxygen atoms in total. The van der Waals surface area contributed by atoms with Crippen molar-refractivity contribution in [3.63, 3.8) is 0 Å². The molecule has 0 saturated carbocycles. The lowest BCUT2D eigenvalue weighted by Crippen LogP contribution is -2.31. The van der Waals surface area contributed by atoms with Crippen molar-refractivity contribution in [3.05, 3.63) is 82.7 Å². The lowest BCUT2D eigenvalue weighted by molar-refractivity contribution is 0.0953. The minimum absolute atomic E-state index is 0.117. The third-order valence-corrected chi connectivity index (χ3v) is 6.73. The van der Waals surface area contributed by atoms with Gasteiger partial charge in [0.15, 0.2) is 9.84 Å². The number of furan rings is 1. The Morgan fingerprint density at radius 3 is 2.50 bits per heavy atom. The van der Waals surface area contributed by atoms with Crippen LogP contribution < -0.4 is 10.1 Å². The van der Waals surface area contributed by atoms with E-state index in [1.807, 2.05) is 0 Å². The molecule has 0 aliphatic rings. The monoisotopic (exact) mass is 463 g/mol. The summed E-state index contributed by atoms with van der Waals surface area (Å²) >= 11 is 3.31. The fourth-order valence-corrected chi connectivity index (χ4v) is 4.67. The summed E-state index contributed by atoms with van der Waals surface area (Å²) in [5.41, 5.74) is 0.425. The molecule has 1 amide bonds. The lowest BCUT2D eigenvalue weighted by atomic mass is 10.2. The van der Waals surface area contributed by atoms with Gasteiger partial charge in [-0.25, -0.2) is 8.42 Å². The Hall–Kier alpha value is -2.58. The molecule has 146 valence electrons. The molecule has 0 aliphatic carbocycles. The van der Waals surface area contributed by atoms with E-state index in [-0.39, 0.29) is 23.1 Å². The number of hydrogen-bond donors (Lipinski definition) is 1. The van der Waals surface area contributed by atoms with E-state index in [4.69, 9.17) is 9.15 Å². The predicted molar refractivity (Wildman–Crippen MR) is 108 cm³/mol. The van der Waals surface area contributed by atoms with Crippen LogP contribution >= 0.6 is 15.9 Å². The molecule has 1 unspecified atom stereocenters. The molecule has 0 bridgehead atoms. The van der Waals surface area contributed by atoms with E-state index in [0.29, 0.717) is 11.3 Å². The molecule has 1 N–H and O–H groups in total. The first-order chi connectivity index (χ1) is 13.4. The molecule has 3 rings (SSSR count). The number of sulfone groups is 1. The van der Waals surface area contributed by atoms with Crippen LogP contribution in [0, 0.1) is 0 Å². The second-order valence-electron chi connectivity index (χ2n) is 5.94. The van der Waals surface area contributed by atoms with Gasteiger partial charge in [0.05, 0.1) is 18.3 Å². The van der Waals surface area contributed by atoms with Gasteiger partial charge < -0.3 is 14.5 Å². The first-order valence-electron chi connectivity index (χ1n) is 8.37. The highest BCUT2D eigenvalue weighted by molar-refractivity contribution is 9.10. The van der Waals surface area contributed by atoms with Gasteiger partial charge in [0, 0.05) is 16.6 Å². The van der Waals surface area contributed by atoms with E-state index in [0.717, 1.165) is 4.47 Å². The van der Waals surface area contributed by atoms with E-state index in [9.17, 15) is 13.2 Å². The van der Waals surface area contributed by atoms with E-state index in [1.165, 1.54) is 25.5 Å². The molecule has 0 spiro atoms. The summed E-state index contributed by atoms with van der Waals surface area (Å²) in [6.45, 7) is -0.132. The van der Waals surface area contributed by atoms with Crippen LogP contribution in [0.2, 0.25) is 0 Å². The molecule has 0 fully saturated rings. The van der Waals surface area contributed by atoms with Crippen molar-refractivity contribution in [2.75, 3.05) is 13.7 Å². The molecule has 8 heteroatoms. The second-order valence-corrected chi connectivity index (χ2v) is 8.99. The zero-order chi connectivity index (χ0) is 20.1. The summed E-state index contributed by atoms with van der Waals surface area (Å²) in [5, 5.41) is 1.63. The highest BCUT2D eigenvalue weighted by atomic mass is 79.9. The number of ether oxygens (including phenoxy) is 1. The maximum absolute atomic E-state index is 13.2. The van der Waals surface area contributed by atoms with Crippen LogP contribution in [0.3, 0.4) is 0 Å². The van der Waals surface area contributed by atoms with Crippen molar-refractivity contribution in [1.29, 1.82) is 0 Å². The summed E-state index contributed by atoms with van der Waals surface area (Å²) < 4.78 is 37.5. The molecular weight excluding hydrogens is 446 g/mol. The number of amides is 1. The third-order valence-electron chi connectivity index (χ3n) is 4.16. The molecule has 2 aromatic carbocycles. The largest absolute Gasteiger partial charge is 0.497 e. The van der Waals surface area contributed by atoms with Gasteiger partial charge in [-0.1, -0.05) is 22.0 Å². The van der Waals surface area contributed by atoms with Gasteiger partial charge >= 0.3 is 0 Å². The van der Waals surface area contributed by atoms with E-state index in [2.05, 4.69) is 21.2 Å². The smallest absolute Gasteiger partial charge is 0.251 e. The third kappa shape index (κ3) is 4.45. The Morgan fingerprint density at radius 2 is 1.89 bits per heavy atom. The van der Waals surface area contributed by atoms with Gasteiger partial charge in [0.25, 0.3) is 5.91 Å². The molecule has 1 aromatic heterocycles. The molecule has 1 heterocycles. The summed E-state index contributed by atoms with van der Waals surface area (Å²) in [4.78, 5) is 12.6. The topological polar surface area (TPSA) is 85.6 Å². The van der Waals surface area contributed by atoms with Gasteiger partial charge in [-0.3, -0.25) is 4.79 Å². The molecule has 1 atom stereocenters. The molecule has 3 aromatic rings. The Labute approximate surface area is 171 Å². The predicted octanol–water partition coefficient (Wildman–Crippen LogP) is 4.00. The number of carbonyl (C=O) groups is 1. The number of halogens is 1. The Bertz CT molecular complexity index is 1050. The highest BCUT2D eigenvalue weighted by Crippen LogP contribution is 2.30. The number of hydrogen-bond acceptors (Lipinski definition) is 5. The van der Waals surface area contributed by atoms with Gasteiger partial charge in [-0.2, -0.15) is 0 Å². The summed E-state index contributed by atoms with van der Waals surface area (Å²) in [6, 6.07) is 16.1. The zero-order valence-electron chi connectivity index (χ0n) is 15.0. The summed E-state index contributed by atoms with van der Waals surface area (Å²) in [7, 11) is -2.30. The van der Waals surface area contributed by atoms with Crippen molar-refractivity contribution in [2.24, 2.45) is 0 Å². The van der Waals surface area contributed by atoms with Crippen LogP contribution in [0.4, 0.5) is 0 Å². The first kappa shape index (κ1) is 20.2. The minimum Gasteiger partial charge on any atom is -0.497 e. The lowest BCUT2D eigenvalue weighted by Gasteiger charge is -2.17. The zero-order valence-corrected chi connectivity index (χ0v) is 17.4. The van der Waals surface area contributed by atoms with Gasteiger partial charge in [-0.05, 0) is 54.6 Å². The maximum atomic E-state index is 13.2. The Balaban J connectivity index is 1.86. The van der Waals surface area contributed by atoms with Crippen molar-refractivity contribution in [2.45, 2.75) is 10.1 Å². The number of rotatable bonds is 7. The van der Waals surface area contributed by atoms with Crippen LogP contribution in [-0.4, -0.2) is 28.0 Å². The molecule has 28 heavy (non-hydrogen) atoms. The molecule has 0 aliphatic heterocycles. The van der Waals surface area contributed by atoms with Crippen molar-refractivity contribution in [1.82, 2.24) is 5.32 Å². The normalized spacial score (nSPS) is 12.4. The number of nitrogens with one attached hydrogen (secondary N) is 1. The van der Waals surface area contributed by atoms with Crippen molar-refractivity contribution >= 4 is 31.7 Å². The van der Waals surface area contributed by atoms with Crippen LogP contribution in [-0.2, 0) is 9.84 Å².